The third kappa shape index (κ3) is 4.45. The van der Waals surface area contributed by atoms with E-state index in [1.165, 1.54) is 12.1 Å². The highest BCUT2D eigenvalue weighted by atomic mass is 19.1. The van der Waals surface area contributed by atoms with E-state index in [-0.39, 0.29) is 5.69 Å². The standard InChI is InChI=1S/C14H21FN4O2/c1-17-3-4-18(2)14(10-17)9-16-8-11-5-12(15)7-13(6-11)19(20)21/h5-7,14,16H,3-4,8-10H2,1-2H3. The number of likely N-dealkylation sites (N-methyl/N-ethyl adjacent to an activating group) is 2. The Hall–Kier alpha value is -1.57. The topological polar surface area (TPSA) is 61.6 Å². The Kier molecular flexibility index (Phi) is 5.22. The Bertz CT molecular complexity index is 512. The lowest BCUT2D eigenvalue weighted by Gasteiger charge is -2.37. The Labute approximate surface area is 123 Å². The van der Waals surface area contributed by atoms with Crippen molar-refractivity contribution in [1.82, 2.24) is 15.1 Å². The van der Waals surface area contributed by atoms with Crippen LogP contribution in [0.2, 0.25) is 0 Å². The SMILES string of the molecule is CN1CCN(C)C(CNCc2cc(F)cc([N+](=O)[O-])c2)C1. The molecule has 116 valence electrons. The van der Waals surface area contributed by atoms with Crippen molar-refractivity contribution in [2.75, 3.05) is 40.3 Å². The molecule has 21 heavy (non-hydrogen) atoms. The Morgan fingerprint density at radius 2 is 2.14 bits per heavy atom. The highest BCUT2D eigenvalue weighted by Crippen LogP contribution is 2.16. The molecule has 1 atom stereocenters. The van der Waals surface area contributed by atoms with E-state index in [1.807, 2.05) is 0 Å². The summed E-state index contributed by atoms with van der Waals surface area (Å²) in [5.41, 5.74) is 0.384. The first-order valence-electron chi connectivity index (χ1n) is 6.99. The second-order valence-electron chi connectivity index (χ2n) is 5.60. The predicted molar refractivity (Wildman–Crippen MR) is 78.7 cm³/mol. The lowest BCUT2D eigenvalue weighted by Crippen LogP contribution is -2.53. The van der Waals surface area contributed by atoms with Crippen LogP contribution in [0.25, 0.3) is 0 Å². The van der Waals surface area contributed by atoms with Gasteiger partial charge in [-0.05, 0) is 25.7 Å². The fourth-order valence-electron chi connectivity index (χ4n) is 2.55. The molecule has 0 radical (unpaired) electrons. The smallest absolute Gasteiger partial charge is 0.272 e. The molecule has 1 fully saturated rings. The van der Waals surface area contributed by atoms with Crippen LogP contribution in [0.4, 0.5) is 10.1 Å². The lowest BCUT2D eigenvalue weighted by atomic mass is 10.1. The minimum atomic E-state index is -0.574. The van der Waals surface area contributed by atoms with E-state index in [1.54, 1.807) is 0 Å². The van der Waals surface area contributed by atoms with E-state index in [9.17, 15) is 14.5 Å². The molecule has 2 rings (SSSR count). The molecule has 6 nitrogen and oxygen atoms in total. The van der Waals surface area contributed by atoms with Crippen molar-refractivity contribution in [2.45, 2.75) is 12.6 Å². The average molecular weight is 296 g/mol. The van der Waals surface area contributed by atoms with Crippen LogP contribution >= 0.6 is 0 Å². The largest absolute Gasteiger partial charge is 0.311 e. The van der Waals surface area contributed by atoms with Crippen LogP contribution < -0.4 is 5.32 Å². The number of benzene rings is 1. The summed E-state index contributed by atoms with van der Waals surface area (Å²) in [6, 6.07) is 4.07. The summed E-state index contributed by atoms with van der Waals surface area (Å²) in [6.07, 6.45) is 0. The van der Waals surface area contributed by atoms with Gasteiger partial charge in [0.05, 0.1) is 11.0 Å². The summed E-state index contributed by atoms with van der Waals surface area (Å²) in [5.74, 6) is -0.574. The van der Waals surface area contributed by atoms with Crippen molar-refractivity contribution in [3.8, 4) is 0 Å². The first kappa shape index (κ1) is 15.8. The predicted octanol–water partition coefficient (Wildman–Crippen LogP) is 1.07. The molecular weight excluding hydrogens is 275 g/mol. The maximum atomic E-state index is 13.3. The van der Waals surface area contributed by atoms with Gasteiger partial charge < -0.3 is 10.2 Å². The van der Waals surface area contributed by atoms with E-state index in [0.717, 1.165) is 32.2 Å². The normalized spacial score (nSPS) is 20.6. The number of halogens is 1. The first-order chi connectivity index (χ1) is 9.95. The van der Waals surface area contributed by atoms with Gasteiger partial charge in [0, 0.05) is 44.8 Å². The maximum absolute atomic E-state index is 13.3. The highest BCUT2D eigenvalue weighted by Gasteiger charge is 2.21. The van der Waals surface area contributed by atoms with E-state index >= 15 is 0 Å². The quantitative estimate of drug-likeness (QED) is 0.650. The zero-order valence-corrected chi connectivity index (χ0v) is 12.4. The lowest BCUT2D eigenvalue weighted by molar-refractivity contribution is -0.385. The average Bonchev–Trinajstić information content (AvgIpc) is 2.42. The summed E-state index contributed by atoms with van der Waals surface area (Å²) >= 11 is 0. The van der Waals surface area contributed by atoms with Crippen molar-refractivity contribution in [2.24, 2.45) is 0 Å². The van der Waals surface area contributed by atoms with E-state index in [2.05, 4.69) is 29.2 Å². The number of nitrogens with one attached hydrogen (secondary N) is 1. The molecule has 1 aromatic carbocycles. The van der Waals surface area contributed by atoms with Gasteiger partial charge in [-0.2, -0.15) is 0 Å². The van der Waals surface area contributed by atoms with Gasteiger partial charge in [-0.25, -0.2) is 4.39 Å². The van der Waals surface area contributed by atoms with E-state index in [0.29, 0.717) is 18.2 Å². The molecule has 0 bridgehead atoms. The number of rotatable bonds is 5. The monoisotopic (exact) mass is 296 g/mol. The summed E-state index contributed by atoms with van der Waals surface area (Å²) in [7, 11) is 4.18. The van der Waals surface area contributed by atoms with Crippen LogP contribution in [-0.4, -0.2) is 61.0 Å². The molecule has 1 aliphatic rings. The van der Waals surface area contributed by atoms with Crippen molar-refractivity contribution >= 4 is 5.69 Å². The van der Waals surface area contributed by atoms with E-state index in [4.69, 9.17) is 0 Å². The molecule has 0 amide bonds. The number of piperazine rings is 1. The molecule has 1 N–H and O–H groups in total. The van der Waals surface area contributed by atoms with Gasteiger partial charge in [-0.3, -0.25) is 15.0 Å². The molecule has 1 unspecified atom stereocenters. The van der Waals surface area contributed by atoms with Gasteiger partial charge in [0.25, 0.3) is 5.69 Å². The molecule has 1 heterocycles. The van der Waals surface area contributed by atoms with Crippen LogP contribution in [0.5, 0.6) is 0 Å². The van der Waals surface area contributed by atoms with Gasteiger partial charge in [0.2, 0.25) is 0 Å². The number of hydrogen-bond donors (Lipinski definition) is 1. The Balaban J connectivity index is 1.89. The van der Waals surface area contributed by atoms with Gasteiger partial charge in [-0.1, -0.05) is 0 Å². The zero-order valence-electron chi connectivity index (χ0n) is 12.4. The second-order valence-corrected chi connectivity index (χ2v) is 5.60. The molecule has 0 spiro atoms. The minimum Gasteiger partial charge on any atom is -0.311 e. The van der Waals surface area contributed by atoms with Gasteiger partial charge in [-0.15, -0.1) is 0 Å². The summed E-state index contributed by atoms with van der Waals surface area (Å²) in [6.45, 7) is 4.25. The van der Waals surface area contributed by atoms with Gasteiger partial charge in [0.1, 0.15) is 5.82 Å². The summed E-state index contributed by atoms with van der Waals surface area (Å²) < 4.78 is 13.3. The molecular formula is C14H21FN4O2. The highest BCUT2D eigenvalue weighted by molar-refractivity contribution is 5.35. The van der Waals surface area contributed by atoms with E-state index < -0.39 is 10.7 Å². The Morgan fingerprint density at radius 3 is 2.86 bits per heavy atom. The number of nitrogens with zero attached hydrogens (tertiary/aromatic N) is 3. The van der Waals surface area contributed by atoms with Crippen LogP contribution in [-0.2, 0) is 6.54 Å². The third-order valence-electron chi connectivity index (χ3n) is 3.84. The maximum Gasteiger partial charge on any atom is 0.272 e. The molecule has 1 aromatic rings. The number of hydrogen-bond acceptors (Lipinski definition) is 5. The zero-order chi connectivity index (χ0) is 15.4. The molecule has 0 aromatic heterocycles. The van der Waals surface area contributed by atoms with Crippen LogP contribution in [0.3, 0.4) is 0 Å². The van der Waals surface area contributed by atoms with Crippen molar-refractivity contribution in [3.05, 3.63) is 39.7 Å². The molecule has 1 aliphatic heterocycles. The minimum absolute atomic E-state index is 0.207. The molecule has 7 heteroatoms. The Morgan fingerprint density at radius 1 is 1.38 bits per heavy atom. The fourth-order valence-corrected chi connectivity index (χ4v) is 2.55. The van der Waals surface area contributed by atoms with Crippen LogP contribution in [0.1, 0.15) is 5.56 Å². The van der Waals surface area contributed by atoms with Crippen molar-refractivity contribution in [1.29, 1.82) is 0 Å². The fraction of sp³-hybridized carbons (Fsp3) is 0.571. The van der Waals surface area contributed by atoms with Crippen LogP contribution in [0.15, 0.2) is 18.2 Å². The number of nitro groups is 1. The summed E-state index contributed by atoms with van der Waals surface area (Å²) in [5, 5.41) is 14.0. The first-order valence-corrected chi connectivity index (χ1v) is 6.99. The number of non-ortho nitro benzene ring substituents is 1. The van der Waals surface area contributed by atoms with Crippen molar-refractivity contribution < 1.29 is 9.31 Å². The summed E-state index contributed by atoms with van der Waals surface area (Å²) in [4.78, 5) is 14.7. The number of nitro benzene ring substituents is 1. The molecule has 1 saturated heterocycles. The van der Waals surface area contributed by atoms with Crippen LogP contribution in [0, 0.1) is 15.9 Å². The van der Waals surface area contributed by atoms with Gasteiger partial charge in [0.15, 0.2) is 0 Å². The van der Waals surface area contributed by atoms with Crippen molar-refractivity contribution in [3.63, 3.8) is 0 Å². The van der Waals surface area contributed by atoms with Gasteiger partial charge >= 0.3 is 0 Å². The second kappa shape index (κ2) is 6.93. The third-order valence-corrected chi connectivity index (χ3v) is 3.84. The molecule has 0 saturated carbocycles. The molecule has 0 aliphatic carbocycles.